The summed E-state index contributed by atoms with van der Waals surface area (Å²) in [5.41, 5.74) is 2.57. The number of carboxylic acid groups (broad SMARTS) is 2. The molecule has 2 fully saturated rings. The molecule has 0 amide bonds. The Morgan fingerprint density at radius 1 is 1.21 bits per heavy atom. The molecule has 5 rings (SSSR count). The molecule has 2 aliphatic heterocycles. The number of carbonyl (C=O) groups is 3. The highest BCUT2D eigenvalue weighted by Crippen LogP contribution is 2.63. The van der Waals surface area contributed by atoms with E-state index in [0.717, 1.165) is 37.3 Å². The Kier molecular flexibility index (Phi) is 6.72. The van der Waals surface area contributed by atoms with Crippen molar-refractivity contribution in [3.63, 3.8) is 0 Å². The molecule has 4 aliphatic rings. The van der Waals surface area contributed by atoms with E-state index in [-0.39, 0.29) is 22.8 Å². The number of carboxylic acids is 2. The van der Waals surface area contributed by atoms with Crippen LogP contribution < -0.4 is 9.47 Å². The molecule has 1 aromatic rings. The quantitative estimate of drug-likeness (QED) is 0.427. The molecule has 6 N–H and O–H groups in total. The van der Waals surface area contributed by atoms with Crippen LogP contribution in [-0.4, -0.2) is 93.6 Å². The zero-order valence-electron chi connectivity index (χ0n) is 18.4. The summed E-state index contributed by atoms with van der Waals surface area (Å²) >= 11 is 0. The maximum absolute atomic E-state index is 12.6. The lowest BCUT2D eigenvalue weighted by atomic mass is 9.52. The molecule has 0 unspecified atom stereocenters. The highest BCUT2D eigenvalue weighted by Gasteiger charge is 2.65. The third kappa shape index (κ3) is 3.65. The Bertz CT molecular complexity index is 947. The summed E-state index contributed by atoms with van der Waals surface area (Å²) in [5, 5.41) is 32.5. The third-order valence-electron chi connectivity index (χ3n) is 7.40. The van der Waals surface area contributed by atoms with Gasteiger partial charge in [-0.15, -0.1) is 0 Å². The number of ether oxygens (including phenoxy) is 2. The molecular formula is C22H29NO10. The van der Waals surface area contributed by atoms with Crippen molar-refractivity contribution in [2.45, 2.75) is 55.5 Å². The Morgan fingerprint density at radius 3 is 2.42 bits per heavy atom. The van der Waals surface area contributed by atoms with E-state index < -0.39 is 24.1 Å². The van der Waals surface area contributed by atoms with Gasteiger partial charge in [0.1, 0.15) is 0 Å². The molecule has 1 saturated heterocycles. The molecule has 6 atom stereocenters. The van der Waals surface area contributed by atoms with Crippen molar-refractivity contribution < 1.29 is 49.8 Å². The van der Waals surface area contributed by atoms with Crippen molar-refractivity contribution in [1.82, 2.24) is 4.90 Å². The van der Waals surface area contributed by atoms with Crippen molar-refractivity contribution >= 4 is 17.7 Å². The van der Waals surface area contributed by atoms with Gasteiger partial charge in [0.05, 0.1) is 7.11 Å². The number of carbonyl (C=O) groups excluding carboxylic acids is 1. The van der Waals surface area contributed by atoms with Crippen LogP contribution in [0.5, 0.6) is 11.5 Å². The van der Waals surface area contributed by atoms with E-state index in [1.165, 1.54) is 11.1 Å². The Labute approximate surface area is 189 Å². The first-order valence-electron chi connectivity index (χ1n) is 10.5. The average molecular weight is 467 g/mol. The van der Waals surface area contributed by atoms with Gasteiger partial charge in [0.2, 0.25) is 0 Å². The van der Waals surface area contributed by atoms with Crippen molar-refractivity contribution in [3.05, 3.63) is 23.3 Å². The number of Topliss-reactive ketones (excluding diaryl/α,β-unsaturated/α-hetero) is 1. The fourth-order valence-corrected chi connectivity index (χ4v) is 5.94. The normalized spacial score (nSPS) is 30.4. The summed E-state index contributed by atoms with van der Waals surface area (Å²) in [6, 6.07) is 4.73. The number of hydrogen-bond acceptors (Lipinski definition) is 8. The number of piperidine rings is 1. The number of aliphatic hydroxyl groups is 2. The molecule has 1 spiro atoms. The zero-order valence-corrected chi connectivity index (χ0v) is 18.4. The number of hydrogen-bond donors (Lipinski definition) is 4. The maximum atomic E-state index is 12.6. The first-order valence-corrected chi connectivity index (χ1v) is 10.5. The lowest BCUT2D eigenvalue weighted by Crippen LogP contribution is -2.65. The lowest BCUT2D eigenvalue weighted by Gasteiger charge is -2.57. The van der Waals surface area contributed by atoms with Gasteiger partial charge >= 0.3 is 11.9 Å². The number of likely N-dealkylation sites (N-methyl/N-ethyl adjacent to an activating group) is 1. The molecular weight excluding hydrogens is 438 g/mol. The summed E-state index contributed by atoms with van der Waals surface area (Å²) in [6.07, 6.45) is -1.06. The number of aliphatic carboxylic acids is 2. The predicted octanol–water partition coefficient (Wildman–Crippen LogP) is -1.01. The van der Waals surface area contributed by atoms with Crippen molar-refractivity contribution in [3.8, 4) is 11.5 Å². The van der Waals surface area contributed by atoms with Gasteiger partial charge in [0.15, 0.2) is 35.6 Å². The molecule has 2 bridgehead atoms. The molecule has 182 valence electrons. The van der Waals surface area contributed by atoms with Crippen LogP contribution in [0.2, 0.25) is 0 Å². The Hall–Kier alpha value is -2.73. The molecule has 0 aromatic heterocycles. The number of methoxy groups -OCH3 is 1. The minimum Gasteiger partial charge on any atom is -0.493 e. The molecule has 2 heterocycles. The van der Waals surface area contributed by atoms with Crippen molar-refractivity contribution in [1.29, 1.82) is 0 Å². The standard InChI is InChI=1S/C18H21NO3.C4H6O6.H2O/c1-19-8-7-18-11-4-5-13(20)17(18)22-16-14(21-2)6-3-10(15(16)18)9-12(11)19;5-1(3(7)8)2(6)4(9)10;/h3,6,11-12,17H,4-5,7-9H2,1-2H3;1-2,5-6H,(H,7,8)(H,9,10);1H2/t11-,12+,17-,18-;1-,2-;/m01./s1. The monoisotopic (exact) mass is 467 g/mol. The summed E-state index contributed by atoms with van der Waals surface area (Å²) in [7, 11) is 3.91. The number of ketones is 1. The lowest BCUT2D eigenvalue weighted by molar-refractivity contribution is -0.165. The summed E-state index contributed by atoms with van der Waals surface area (Å²) in [6.45, 7) is 1.05. The van der Waals surface area contributed by atoms with Crippen molar-refractivity contribution in [2.24, 2.45) is 5.92 Å². The largest absolute Gasteiger partial charge is 0.493 e. The van der Waals surface area contributed by atoms with E-state index in [4.69, 9.17) is 29.9 Å². The number of likely N-dealkylation sites (tertiary alicyclic amines) is 1. The molecule has 11 heteroatoms. The number of nitrogens with zero attached hydrogens (tertiary/aromatic N) is 1. The van der Waals surface area contributed by atoms with E-state index in [2.05, 4.69) is 18.0 Å². The van der Waals surface area contributed by atoms with Gasteiger partial charge in [-0.05, 0) is 50.4 Å². The highest BCUT2D eigenvalue weighted by atomic mass is 16.5. The zero-order chi connectivity index (χ0) is 23.4. The second-order valence-electron chi connectivity index (χ2n) is 8.85. The smallest absolute Gasteiger partial charge is 0.335 e. The van der Waals surface area contributed by atoms with Gasteiger partial charge in [0, 0.05) is 23.4 Å². The molecule has 0 radical (unpaired) electrons. The fraction of sp³-hybridized carbons (Fsp3) is 0.591. The second-order valence-corrected chi connectivity index (χ2v) is 8.85. The Balaban J connectivity index is 0.000000241. The summed E-state index contributed by atoms with van der Waals surface area (Å²) in [5.74, 6) is -1.08. The Morgan fingerprint density at radius 2 is 1.85 bits per heavy atom. The van der Waals surface area contributed by atoms with Crippen LogP contribution in [0, 0.1) is 5.92 Å². The topological polar surface area (TPSA) is 185 Å². The molecule has 2 aliphatic carbocycles. The van der Waals surface area contributed by atoms with E-state index in [0.29, 0.717) is 18.4 Å². The van der Waals surface area contributed by atoms with Crippen LogP contribution in [0.15, 0.2) is 12.1 Å². The highest BCUT2D eigenvalue weighted by molar-refractivity contribution is 5.89. The van der Waals surface area contributed by atoms with E-state index >= 15 is 0 Å². The minimum atomic E-state index is -2.27. The predicted molar refractivity (Wildman–Crippen MR) is 112 cm³/mol. The van der Waals surface area contributed by atoms with Gasteiger partial charge in [-0.25, -0.2) is 9.59 Å². The average Bonchev–Trinajstić information content (AvgIpc) is 3.12. The van der Waals surface area contributed by atoms with Crippen LogP contribution in [0.1, 0.15) is 30.4 Å². The van der Waals surface area contributed by atoms with E-state index in [1.807, 2.05) is 6.07 Å². The van der Waals surface area contributed by atoms with Crippen LogP contribution in [0.3, 0.4) is 0 Å². The first-order chi connectivity index (χ1) is 15.1. The molecule has 11 nitrogen and oxygen atoms in total. The van der Waals surface area contributed by atoms with Gasteiger partial charge in [-0.3, -0.25) is 4.79 Å². The molecule has 1 saturated carbocycles. The van der Waals surface area contributed by atoms with Gasteiger partial charge < -0.3 is 40.3 Å². The third-order valence-corrected chi connectivity index (χ3v) is 7.40. The number of rotatable bonds is 4. The second kappa shape index (κ2) is 8.90. The van der Waals surface area contributed by atoms with Crippen molar-refractivity contribution in [2.75, 3.05) is 20.7 Å². The molecule has 33 heavy (non-hydrogen) atoms. The first kappa shape index (κ1) is 24.9. The summed E-state index contributed by atoms with van der Waals surface area (Å²) < 4.78 is 11.8. The van der Waals surface area contributed by atoms with Crippen LogP contribution in [0.4, 0.5) is 0 Å². The van der Waals surface area contributed by atoms with E-state index in [9.17, 15) is 14.4 Å². The molecule has 1 aromatic carbocycles. The van der Waals surface area contributed by atoms with Crippen LogP contribution in [0.25, 0.3) is 0 Å². The maximum Gasteiger partial charge on any atom is 0.335 e. The van der Waals surface area contributed by atoms with Gasteiger partial charge in [0.25, 0.3) is 0 Å². The number of aliphatic hydroxyl groups excluding tert-OH is 2. The summed E-state index contributed by atoms with van der Waals surface area (Å²) in [4.78, 5) is 34.7. The number of benzene rings is 1. The fourth-order valence-electron chi connectivity index (χ4n) is 5.94. The minimum absolute atomic E-state index is 0. The van der Waals surface area contributed by atoms with E-state index in [1.54, 1.807) is 7.11 Å². The van der Waals surface area contributed by atoms with Crippen LogP contribution >= 0.6 is 0 Å². The SMILES string of the molecule is COc1ccc2c3c1O[C@H]1C(=O)CC[C@H]4[C@@H](C2)N(C)CC[C@]314.O.O=C(O)[C@H](O)[C@@H](O)C(=O)O. The van der Waals surface area contributed by atoms with Crippen LogP contribution in [-0.2, 0) is 26.2 Å². The van der Waals surface area contributed by atoms with Gasteiger partial charge in [-0.2, -0.15) is 0 Å². The van der Waals surface area contributed by atoms with Gasteiger partial charge in [-0.1, -0.05) is 6.07 Å².